The lowest BCUT2D eigenvalue weighted by Gasteiger charge is -2.50. The second-order valence-electron chi connectivity index (χ2n) is 20.9. The number of nitrogens with one attached hydrogen (secondary N) is 2. The van der Waals surface area contributed by atoms with Crippen LogP contribution < -0.4 is 26.2 Å². The van der Waals surface area contributed by atoms with Gasteiger partial charge in [0.05, 0.1) is 45.9 Å². The second kappa shape index (κ2) is 19.2. The number of carbonyl (C=O) groups is 4. The Morgan fingerprint density at radius 3 is 2.19 bits per heavy atom. The Morgan fingerprint density at radius 1 is 0.833 bits per heavy atom. The summed E-state index contributed by atoms with van der Waals surface area (Å²) in [5.41, 5.74) is 8.84. The molecule has 0 bridgehead atoms. The lowest BCUT2D eigenvalue weighted by molar-refractivity contribution is -0.137. The van der Waals surface area contributed by atoms with E-state index in [2.05, 4.69) is 49.4 Å². The number of nitrogen functional groups attached to an aromatic ring is 1. The summed E-state index contributed by atoms with van der Waals surface area (Å²) in [4.78, 5) is 78.2. The molecule has 21 nitrogen and oxygen atoms in total. The van der Waals surface area contributed by atoms with Crippen LogP contribution in [0.5, 0.6) is 0 Å². The van der Waals surface area contributed by atoms with Gasteiger partial charge < -0.3 is 39.9 Å². The maximum absolute atomic E-state index is 15.4. The molecule has 1 saturated carbocycles. The van der Waals surface area contributed by atoms with Crippen molar-refractivity contribution in [3.05, 3.63) is 48.2 Å². The SMILES string of the molecule is CC(C)(C1CCN(C(=O)COC(=O)N2CCN(c3cnc(-c4c(-c5nn(C(C)(C)C)c6ncnc(N)c56)noc4C4CC4)nc3)CC2)CC1)N1CCN(c2cc(F)c(N[C@H]3CCC(=O)NC3=O)cc2F)CC1. The second-order valence-corrected chi connectivity index (χ2v) is 20.9. The number of hydrogen-bond donors (Lipinski definition) is 3. The van der Waals surface area contributed by atoms with E-state index >= 15 is 8.78 Å². The van der Waals surface area contributed by atoms with Crippen molar-refractivity contribution in [2.75, 3.05) is 92.9 Å². The highest BCUT2D eigenvalue weighted by Gasteiger charge is 2.41. The Kier molecular flexibility index (Phi) is 12.9. The number of anilines is 4. The van der Waals surface area contributed by atoms with Gasteiger partial charge in [0, 0.05) is 95.5 Å². The summed E-state index contributed by atoms with van der Waals surface area (Å²) in [7, 11) is 0. The summed E-state index contributed by atoms with van der Waals surface area (Å²) in [5, 5.41) is 15.0. The zero-order chi connectivity index (χ0) is 50.6. The topological polar surface area (TPSA) is 239 Å². The van der Waals surface area contributed by atoms with E-state index in [0.29, 0.717) is 105 Å². The molecule has 5 aliphatic rings. The molecule has 1 aliphatic carbocycles. The van der Waals surface area contributed by atoms with E-state index in [1.807, 2.05) is 30.4 Å². The van der Waals surface area contributed by atoms with E-state index in [1.165, 1.54) is 6.33 Å². The van der Waals surface area contributed by atoms with Crippen LogP contribution in [0.2, 0.25) is 0 Å². The predicted octanol–water partition coefficient (Wildman–Crippen LogP) is 4.75. The van der Waals surface area contributed by atoms with Gasteiger partial charge in [-0.3, -0.25) is 24.6 Å². The summed E-state index contributed by atoms with van der Waals surface area (Å²) < 4.78 is 43.9. The van der Waals surface area contributed by atoms with Crippen molar-refractivity contribution in [3.63, 3.8) is 0 Å². The molecular formula is C49H61F2N15O6. The van der Waals surface area contributed by atoms with Crippen molar-refractivity contribution in [1.82, 2.24) is 54.9 Å². The van der Waals surface area contributed by atoms with Crippen molar-refractivity contribution in [1.29, 1.82) is 0 Å². The van der Waals surface area contributed by atoms with E-state index in [1.54, 1.807) is 22.2 Å². The number of nitrogens with zero attached hydrogens (tertiary/aromatic N) is 12. The average Bonchev–Trinajstić information content (AvgIpc) is 3.99. The van der Waals surface area contributed by atoms with Gasteiger partial charge in [0.1, 0.15) is 41.2 Å². The Balaban J connectivity index is 0.682. The molecule has 10 rings (SSSR count). The molecule has 382 valence electrons. The molecule has 0 unspecified atom stereocenters. The summed E-state index contributed by atoms with van der Waals surface area (Å²) in [6.07, 6.45) is 8.21. The molecule has 4 amide bonds. The first-order valence-electron chi connectivity index (χ1n) is 24.8. The summed E-state index contributed by atoms with van der Waals surface area (Å²) in [6, 6.07) is 1.40. The van der Waals surface area contributed by atoms with Crippen LogP contribution in [0.15, 0.2) is 35.4 Å². The fraction of sp³-hybridized carbons (Fsp3) is 0.551. The lowest BCUT2D eigenvalue weighted by Crippen LogP contribution is -2.59. The van der Waals surface area contributed by atoms with Gasteiger partial charge in [-0.15, -0.1) is 0 Å². The molecule has 4 saturated heterocycles. The highest BCUT2D eigenvalue weighted by molar-refractivity contribution is 6.02. The van der Waals surface area contributed by atoms with Gasteiger partial charge in [-0.25, -0.2) is 38.2 Å². The number of fused-ring (bicyclic) bond motifs is 1. The number of benzene rings is 1. The Labute approximate surface area is 414 Å². The number of halogens is 2. The van der Waals surface area contributed by atoms with Crippen molar-refractivity contribution >= 4 is 57.7 Å². The molecule has 1 atom stereocenters. The van der Waals surface area contributed by atoms with Crippen LogP contribution in [0.1, 0.15) is 84.8 Å². The fourth-order valence-electron chi connectivity index (χ4n) is 10.5. The highest BCUT2D eigenvalue weighted by atomic mass is 19.1. The minimum absolute atomic E-state index is 0.120. The van der Waals surface area contributed by atoms with Crippen molar-refractivity contribution < 1.29 is 37.2 Å². The zero-order valence-electron chi connectivity index (χ0n) is 41.3. The highest BCUT2D eigenvalue weighted by Crippen LogP contribution is 2.48. The minimum atomic E-state index is -0.827. The molecule has 0 radical (unpaired) electrons. The first-order chi connectivity index (χ1) is 34.4. The monoisotopic (exact) mass is 993 g/mol. The minimum Gasteiger partial charge on any atom is -0.439 e. The van der Waals surface area contributed by atoms with Crippen LogP contribution in [0.25, 0.3) is 33.8 Å². The summed E-state index contributed by atoms with van der Waals surface area (Å²) in [6.45, 7) is 15.3. The quantitative estimate of drug-likeness (QED) is 0.151. The lowest BCUT2D eigenvalue weighted by atomic mass is 9.78. The largest absolute Gasteiger partial charge is 0.439 e. The molecule has 1 aromatic carbocycles. The van der Waals surface area contributed by atoms with Crippen LogP contribution in [0, 0.1) is 17.6 Å². The van der Waals surface area contributed by atoms with E-state index in [0.717, 1.165) is 43.5 Å². The van der Waals surface area contributed by atoms with Gasteiger partial charge in [0.25, 0.3) is 5.91 Å². The molecule has 0 spiro atoms. The molecular weight excluding hydrogens is 933 g/mol. The number of rotatable bonds is 11. The number of likely N-dealkylation sites (tertiary alicyclic amines) is 1. The molecule has 5 fully saturated rings. The molecule has 4 N–H and O–H groups in total. The maximum Gasteiger partial charge on any atom is 0.410 e. The molecule has 72 heavy (non-hydrogen) atoms. The smallest absolute Gasteiger partial charge is 0.410 e. The van der Waals surface area contributed by atoms with Gasteiger partial charge in [-0.05, 0) is 72.6 Å². The van der Waals surface area contributed by atoms with Crippen LogP contribution >= 0.6 is 0 Å². The molecule has 8 heterocycles. The number of imide groups is 1. The Morgan fingerprint density at radius 2 is 1.53 bits per heavy atom. The molecule has 5 aromatic rings. The third-order valence-corrected chi connectivity index (χ3v) is 15.0. The van der Waals surface area contributed by atoms with Crippen molar-refractivity contribution in [2.24, 2.45) is 5.92 Å². The van der Waals surface area contributed by atoms with Gasteiger partial charge >= 0.3 is 6.09 Å². The van der Waals surface area contributed by atoms with Crippen LogP contribution in [0.3, 0.4) is 0 Å². The first kappa shape index (κ1) is 48.6. The summed E-state index contributed by atoms with van der Waals surface area (Å²) >= 11 is 0. The van der Waals surface area contributed by atoms with Gasteiger partial charge in [-0.2, -0.15) is 5.10 Å². The number of piperazine rings is 2. The summed E-state index contributed by atoms with van der Waals surface area (Å²) in [5.74, 6) is -0.534. The predicted molar refractivity (Wildman–Crippen MR) is 262 cm³/mol. The van der Waals surface area contributed by atoms with E-state index < -0.39 is 35.2 Å². The van der Waals surface area contributed by atoms with Crippen LogP contribution in [0.4, 0.5) is 36.5 Å². The van der Waals surface area contributed by atoms with Crippen LogP contribution in [-0.4, -0.2) is 157 Å². The average molecular weight is 994 g/mol. The Hall–Kier alpha value is -7.04. The van der Waals surface area contributed by atoms with Gasteiger partial charge in [-0.1, -0.05) is 5.16 Å². The number of piperidine rings is 2. The van der Waals surface area contributed by atoms with Crippen molar-refractivity contribution in [3.8, 4) is 22.8 Å². The van der Waals surface area contributed by atoms with Crippen molar-refractivity contribution in [2.45, 2.75) is 96.2 Å². The number of amides is 4. The van der Waals surface area contributed by atoms with E-state index in [4.69, 9.17) is 30.1 Å². The van der Waals surface area contributed by atoms with E-state index in [-0.39, 0.29) is 65.8 Å². The first-order valence-corrected chi connectivity index (χ1v) is 24.8. The maximum atomic E-state index is 15.4. The number of hydrogen-bond acceptors (Lipinski definition) is 17. The third kappa shape index (κ3) is 9.57. The third-order valence-electron chi connectivity index (χ3n) is 15.0. The van der Waals surface area contributed by atoms with Gasteiger partial charge in [0.15, 0.2) is 23.8 Å². The number of ether oxygens (including phenoxy) is 1. The Bertz CT molecular complexity index is 2870. The van der Waals surface area contributed by atoms with Gasteiger partial charge in [0.2, 0.25) is 11.8 Å². The van der Waals surface area contributed by atoms with Crippen LogP contribution in [-0.2, 0) is 24.7 Å². The molecule has 4 aliphatic heterocycles. The number of nitrogens with two attached hydrogens (primary N) is 1. The fourth-order valence-corrected chi connectivity index (χ4v) is 10.5. The molecule has 4 aromatic heterocycles. The number of carbonyl (C=O) groups excluding carboxylic acids is 4. The van der Waals surface area contributed by atoms with E-state index in [9.17, 15) is 19.2 Å². The zero-order valence-corrected chi connectivity index (χ0v) is 41.3. The standard InChI is InChI=1S/C49H61F2N15O6/c1-48(2,3)66-45-39(43(52)55-27-56-45)40(59-66)41-38(42(72-60-41)28-6-7-28)44-53-24-30(25-54-44)61-14-16-64(17-15-61)47(70)71-26-37(68)63-12-10-29(11-13-63)49(4,5)65-20-18-62(19-21-65)35-23-31(50)34(22-32(35)51)57-33-8-9-36(67)58-46(33)69/h22-25,27-29,33,57H,6-21,26H2,1-5H3,(H2,52,55,56)(H,58,67,69)/t33-/m0/s1. The normalized spacial score (nSPS) is 19.8. The number of aromatic nitrogens is 7. The molecule has 23 heteroatoms.